The van der Waals surface area contributed by atoms with Gasteiger partial charge in [-0.05, 0) is 44.5 Å². The average molecular weight is 290 g/mol. The fourth-order valence-corrected chi connectivity index (χ4v) is 2.08. The number of methoxy groups -OCH3 is 2. The maximum atomic E-state index is 5.52. The van der Waals surface area contributed by atoms with E-state index in [0.717, 1.165) is 41.8 Å². The molecule has 2 aromatic rings. The number of aromatic nitrogens is 1. The van der Waals surface area contributed by atoms with Crippen molar-refractivity contribution in [1.29, 1.82) is 0 Å². The second-order valence-corrected chi connectivity index (χ2v) is 4.87. The van der Waals surface area contributed by atoms with E-state index < -0.39 is 0 Å². The largest absolute Gasteiger partial charge is 0.493 e. The summed E-state index contributed by atoms with van der Waals surface area (Å²) in [5.74, 6) is 3.12. The van der Waals surface area contributed by atoms with Crippen molar-refractivity contribution in [3.8, 4) is 11.5 Å². The van der Waals surface area contributed by atoms with Crippen molar-refractivity contribution < 1.29 is 13.9 Å². The van der Waals surface area contributed by atoms with Crippen molar-refractivity contribution in [2.24, 2.45) is 0 Å². The smallest absolute Gasteiger partial charge is 0.208 e. The molecule has 0 saturated carbocycles. The maximum absolute atomic E-state index is 5.52. The third kappa shape index (κ3) is 3.98. The third-order valence-corrected chi connectivity index (χ3v) is 3.39. The monoisotopic (exact) mass is 290 g/mol. The highest BCUT2D eigenvalue weighted by Crippen LogP contribution is 2.27. The van der Waals surface area contributed by atoms with E-state index in [4.69, 9.17) is 13.9 Å². The molecular formula is C16H22N2O3. The van der Waals surface area contributed by atoms with E-state index in [0.29, 0.717) is 6.54 Å². The molecule has 1 N–H and O–H groups in total. The minimum absolute atomic E-state index is 0.641. The molecular weight excluding hydrogens is 268 g/mol. The first kappa shape index (κ1) is 15.4. The lowest BCUT2D eigenvalue weighted by Gasteiger charge is -2.09. The molecule has 5 nitrogen and oxygen atoms in total. The van der Waals surface area contributed by atoms with Gasteiger partial charge < -0.3 is 19.2 Å². The van der Waals surface area contributed by atoms with Crippen molar-refractivity contribution in [3.05, 3.63) is 41.1 Å². The lowest BCUT2D eigenvalue weighted by atomic mass is 10.1. The van der Waals surface area contributed by atoms with Crippen molar-refractivity contribution in [1.82, 2.24) is 10.3 Å². The highest BCUT2D eigenvalue weighted by Gasteiger charge is 2.06. The molecule has 0 fully saturated rings. The number of oxazole rings is 1. The Kier molecular flexibility index (Phi) is 5.22. The number of hydrogen-bond donors (Lipinski definition) is 1. The Morgan fingerprint density at radius 2 is 1.90 bits per heavy atom. The zero-order valence-corrected chi connectivity index (χ0v) is 13.0. The molecule has 114 valence electrons. The molecule has 0 aliphatic carbocycles. The molecule has 2 rings (SSSR count). The number of nitrogens with zero attached hydrogens (tertiary/aromatic N) is 1. The molecule has 0 saturated heterocycles. The van der Waals surface area contributed by atoms with Crippen LogP contribution in [0.3, 0.4) is 0 Å². The van der Waals surface area contributed by atoms with Crippen LogP contribution in [0.4, 0.5) is 0 Å². The van der Waals surface area contributed by atoms with Gasteiger partial charge >= 0.3 is 0 Å². The van der Waals surface area contributed by atoms with Gasteiger partial charge in [0.1, 0.15) is 5.76 Å². The van der Waals surface area contributed by atoms with Crippen LogP contribution < -0.4 is 14.8 Å². The number of ether oxygens (including phenoxy) is 2. The Morgan fingerprint density at radius 3 is 2.52 bits per heavy atom. The summed E-state index contributed by atoms with van der Waals surface area (Å²) in [6, 6.07) is 5.97. The summed E-state index contributed by atoms with van der Waals surface area (Å²) in [5.41, 5.74) is 2.15. The van der Waals surface area contributed by atoms with Gasteiger partial charge in [-0.15, -0.1) is 0 Å². The normalized spacial score (nSPS) is 10.7. The zero-order chi connectivity index (χ0) is 15.2. The van der Waals surface area contributed by atoms with Crippen LogP contribution in [0.2, 0.25) is 0 Å². The second kappa shape index (κ2) is 7.13. The Bertz CT molecular complexity index is 574. The molecule has 0 aliphatic rings. The highest BCUT2D eigenvalue weighted by atomic mass is 16.5. The van der Waals surface area contributed by atoms with Gasteiger partial charge in [-0.2, -0.15) is 0 Å². The van der Waals surface area contributed by atoms with Crippen LogP contribution in [-0.4, -0.2) is 25.7 Å². The van der Waals surface area contributed by atoms with Crippen LogP contribution >= 0.6 is 0 Å². The van der Waals surface area contributed by atoms with E-state index in [9.17, 15) is 0 Å². The molecule has 21 heavy (non-hydrogen) atoms. The summed E-state index contributed by atoms with van der Waals surface area (Å²) < 4.78 is 16.0. The molecule has 0 atom stereocenters. The highest BCUT2D eigenvalue weighted by molar-refractivity contribution is 5.42. The van der Waals surface area contributed by atoms with Crippen molar-refractivity contribution in [3.63, 3.8) is 0 Å². The summed E-state index contributed by atoms with van der Waals surface area (Å²) >= 11 is 0. The molecule has 0 aliphatic heterocycles. The van der Waals surface area contributed by atoms with Gasteiger partial charge in [-0.1, -0.05) is 6.07 Å². The van der Waals surface area contributed by atoms with Crippen LogP contribution in [0, 0.1) is 13.8 Å². The van der Waals surface area contributed by atoms with Gasteiger partial charge in [0, 0.05) is 0 Å². The first-order valence-corrected chi connectivity index (χ1v) is 6.98. The summed E-state index contributed by atoms with van der Waals surface area (Å²) in [5, 5.41) is 3.33. The fraction of sp³-hybridized carbons (Fsp3) is 0.438. The number of benzene rings is 1. The lowest BCUT2D eigenvalue weighted by molar-refractivity contribution is 0.354. The second-order valence-electron chi connectivity index (χ2n) is 4.87. The lowest BCUT2D eigenvalue weighted by Crippen LogP contribution is -2.16. The van der Waals surface area contributed by atoms with E-state index in [1.807, 2.05) is 32.0 Å². The van der Waals surface area contributed by atoms with E-state index in [1.165, 1.54) is 5.56 Å². The van der Waals surface area contributed by atoms with Crippen molar-refractivity contribution >= 4 is 0 Å². The first-order valence-electron chi connectivity index (χ1n) is 6.98. The van der Waals surface area contributed by atoms with Crippen LogP contribution in [0.15, 0.2) is 22.6 Å². The number of rotatable bonds is 7. The van der Waals surface area contributed by atoms with E-state index in [1.54, 1.807) is 14.2 Å². The van der Waals surface area contributed by atoms with Crippen molar-refractivity contribution in [2.45, 2.75) is 26.8 Å². The molecule has 0 spiro atoms. The minimum Gasteiger partial charge on any atom is -0.493 e. The molecule has 0 unspecified atom stereocenters. The van der Waals surface area contributed by atoms with E-state index >= 15 is 0 Å². The number of hydrogen-bond acceptors (Lipinski definition) is 5. The van der Waals surface area contributed by atoms with Crippen molar-refractivity contribution in [2.75, 3.05) is 20.8 Å². The first-order chi connectivity index (χ1) is 10.1. The topological polar surface area (TPSA) is 56.5 Å². The summed E-state index contributed by atoms with van der Waals surface area (Å²) in [7, 11) is 3.28. The fourth-order valence-electron chi connectivity index (χ4n) is 2.08. The summed E-state index contributed by atoms with van der Waals surface area (Å²) in [4.78, 5) is 4.34. The molecule has 0 amide bonds. The Morgan fingerprint density at radius 1 is 1.14 bits per heavy atom. The number of aryl methyl sites for hydroxylation is 2. The standard InChI is InChI=1S/C16H22N2O3/c1-11-12(2)21-16(18-11)10-17-8-7-13-5-6-14(19-3)15(9-13)20-4/h5-6,9,17H,7-8,10H2,1-4H3. The average Bonchev–Trinajstić information content (AvgIpc) is 2.82. The van der Waals surface area contributed by atoms with Crippen LogP contribution in [0.5, 0.6) is 11.5 Å². The summed E-state index contributed by atoms with van der Waals surface area (Å²) in [6.07, 6.45) is 0.902. The van der Waals surface area contributed by atoms with Crippen LogP contribution in [0.1, 0.15) is 22.9 Å². The molecule has 0 radical (unpaired) electrons. The molecule has 1 heterocycles. The van der Waals surface area contributed by atoms with Gasteiger partial charge in [0.25, 0.3) is 0 Å². The predicted octanol–water partition coefficient (Wildman–Crippen LogP) is 2.64. The number of nitrogens with one attached hydrogen (secondary N) is 1. The van der Waals surface area contributed by atoms with Crippen LogP contribution in [-0.2, 0) is 13.0 Å². The van der Waals surface area contributed by atoms with Gasteiger partial charge in [0.05, 0.1) is 26.5 Å². The zero-order valence-electron chi connectivity index (χ0n) is 13.0. The summed E-state index contributed by atoms with van der Waals surface area (Å²) in [6.45, 7) is 5.36. The van der Waals surface area contributed by atoms with E-state index in [2.05, 4.69) is 10.3 Å². The Labute approximate surface area is 125 Å². The minimum atomic E-state index is 0.641. The molecule has 5 heteroatoms. The molecule has 1 aromatic heterocycles. The maximum Gasteiger partial charge on any atom is 0.208 e. The van der Waals surface area contributed by atoms with Gasteiger partial charge in [-0.3, -0.25) is 0 Å². The Hall–Kier alpha value is -2.01. The molecule has 1 aromatic carbocycles. The van der Waals surface area contributed by atoms with E-state index in [-0.39, 0.29) is 0 Å². The van der Waals surface area contributed by atoms with Gasteiger partial charge in [-0.25, -0.2) is 4.98 Å². The SMILES string of the molecule is COc1ccc(CCNCc2nc(C)c(C)o2)cc1OC. The van der Waals surface area contributed by atoms with Gasteiger partial charge in [0.2, 0.25) is 5.89 Å². The molecule has 0 bridgehead atoms. The van der Waals surface area contributed by atoms with Gasteiger partial charge in [0.15, 0.2) is 11.5 Å². The quantitative estimate of drug-likeness (QED) is 0.794. The predicted molar refractivity (Wildman–Crippen MR) is 80.9 cm³/mol. The van der Waals surface area contributed by atoms with Crippen LogP contribution in [0.25, 0.3) is 0 Å². The Balaban J connectivity index is 1.83. The third-order valence-electron chi connectivity index (χ3n) is 3.39.